The third-order valence-electron chi connectivity index (χ3n) is 5.33. The summed E-state index contributed by atoms with van der Waals surface area (Å²) in [6.07, 6.45) is 18.1. The molecule has 1 nitrogen and oxygen atoms in total. The summed E-state index contributed by atoms with van der Waals surface area (Å²) < 4.78 is 0. The number of nitrogens with zero attached hydrogens (tertiary/aromatic N) is 1. The Morgan fingerprint density at radius 2 is 1.29 bits per heavy atom. The molecule has 1 aromatic rings. The van der Waals surface area contributed by atoms with Crippen LogP contribution in [0.3, 0.4) is 0 Å². The summed E-state index contributed by atoms with van der Waals surface area (Å²) >= 11 is 12.7. The van der Waals surface area contributed by atoms with Crippen molar-refractivity contribution in [3.63, 3.8) is 0 Å². The van der Waals surface area contributed by atoms with E-state index < -0.39 is 0 Å². The van der Waals surface area contributed by atoms with Crippen LogP contribution in [0, 0.1) is 0 Å². The highest BCUT2D eigenvalue weighted by Gasteiger charge is 2.10. The van der Waals surface area contributed by atoms with Gasteiger partial charge >= 0.3 is 0 Å². The molecule has 3 heteroatoms. The van der Waals surface area contributed by atoms with Crippen molar-refractivity contribution in [3.8, 4) is 0 Å². The highest BCUT2D eigenvalue weighted by Crippen LogP contribution is 2.21. The Labute approximate surface area is 184 Å². The van der Waals surface area contributed by atoms with Gasteiger partial charge in [-0.1, -0.05) is 108 Å². The lowest BCUT2D eigenvalue weighted by molar-refractivity contribution is 0.326. The number of hydrogen-bond donors (Lipinski definition) is 0. The van der Waals surface area contributed by atoms with Crippen molar-refractivity contribution >= 4 is 29.3 Å². The molecule has 1 rings (SSSR count). The number of allylic oxidation sites excluding steroid dienone is 1. The Morgan fingerprint density at radius 3 is 1.79 bits per heavy atom. The van der Waals surface area contributed by atoms with Crippen molar-refractivity contribution in [1.82, 2.24) is 4.90 Å². The largest absolute Gasteiger partial charge is 0.374 e. The Kier molecular flexibility index (Phi) is 15.6. The van der Waals surface area contributed by atoms with E-state index in [0.29, 0.717) is 5.88 Å². The van der Waals surface area contributed by atoms with Crippen molar-refractivity contribution in [2.24, 2.45) is 0 Å². The number of rotatable bonds is 17. The molecule has 0 aliphatic rings. The van der Waals surface area contributed by atoms with Crippen LogP contribution in [0.2, 0.25) is 5.02 Å². The average Bonchev–Trinajstić information content (AvgIpc) is 2.71. The Hall–Kier alpha value is -0.660. The summed E-state index contributed by atoms with van der Waals surface area (Å²) in [5, 5.41) is 0.796. The molecule has 160 valence electrons. The van der Waals surface area contributed by atoms with Crippen LogP contribution < -0.4 is 0 Å². The van der Waals surface area contributed by atoms with Crippen LogP contribution in [0.1, 0.15) is 96.5 Å². The minimum absolute atomic E-state index is 0.539. The van der Waals surface area contributed by atoms with E-state index in [1.165, 1.54) is 82.7 Å². The molecule has 0 aliphatic carbocycles. The fraction of sp³-hybridized carbons (Fsp3) is 0.680. The summed E-state index contributed by atoms with van der Waals surface area (Å²) in [6, 6.07) is 8.04. The molecule has 28 heavy (non-hydrogen) atoms. The van der Waals surface area contributed by atoms with Crippen LogP contribution in [0.25, 0.3) is 6.08 Å². The van der Waals surface area contributed by atoms with Gasteiger partial charge in [0.15, 0.2) is 0 Å². The molecule has 0 spiro atoms. The zero-order chi connectivity index (χ0) is 20.5. The molecule has 0 heterocycles. The van der Waals surface area contributed by atoms with Crippen LogP contribution in [0.15, 0.2) is 30.0 Å². The van der Waals surface area contributed by atoms with Gasteiger partial charge < -0.3 is 4.90 Å². The molecule has 0 aromatic heterocycles. The molecule has 0 saturated carbocycles. The number of alkyl halides is 1. The molecule has 0 bridgehead atoms. The molecule has 1 aromatic carbocycles. The molecule has 0 amide bonds. The van der Waals surface area contributed by atoms with Crippen molar-refractivity contribution in [2.75, 3.05) is 19.0 Å². The molecule has 0 atom stereocenters. The summed E-state index contributed by atoms with van der Waals surface area (Å²) in [4.78, 5) is 2.51. The Morgan fingerprint density at radius 1 is 0.786 bits per heavy atom. The first-order valence-corrected chi connectivity index (χ1v) is 12.4. The molecule has 0 fully saturated rings. The van der Waals surface area contributed by atoms with Crippen molar-refractivity contribution in [1.29, 1.82) is 0 Å². The lowest BCUT2D eigenvalue weighted by Gasteiger charge is -2.27. The second-order valence-electron chi connectivity index (χ2n) is 7.81. The lowest BCUT2D eigenvalue weighted by atomic mass is 10.1. The third kappa shape index (κ3) is 11.4. The van der Waals surface area contributed by atoms with Crippen molar-refractivity contribution in [3.05, 3.63) is 40.5 Å². The quantitative estimate of drug-likeness (QED) is 0.177. The summed E-state index contributed by atoms with van der Waals surface area (Å²) in [6.45, 7) is 6.75. The minimum Gasteiger partial charge on any atom is -0.374 e. The Bertz CT molecular complexity index is 511. The summed E-state index contributed by atoms with van der Waals surface area (Å²) in [7, 11) is 0. The zero-order valence-electron chi connectivity index (χ0n) is 18.2. The molecular formula is C25H41Cl2N. The molecule has 0 unspecified atom stereocenters. The average molecular weight is 427 g/mol. The van der Waals surface area contributed by atoms with Crippen LogP contribution in [0.4, 0.5) is 0 Å². The van der Waals surface area contributed by atoms with E-state index >= 15 is 0 Å². The monoisotopic (exact) mass is 425 g/mol. The van der Waals surface area contributed by atoms with Gasteiger partial charge in [-0.3, -0.25) is 0 Å². The van der Waals surface area contributed by atoms with Gasteiger partial charge in [0, 0.05) is 23.8 Å². The van der Waals surface area contributed by atoms with Gasteiger partial charge in [0.05, 0.1) is 5.88 Å². The van der Waals surface area contributed by atoms with E-state index in [9.17, 15) is 0 Å². The van der Waals surface area contributed by atoms with E-state index in [1.54, 1.807) is 0 Å². The van der Waals surface area contributed by atoms with Crippen LogP contribution in [-0.2, 0) is 0 Å². The summed E-state index contributed by atoms with van der Waals surface area (Å²) in [5.41, 5.74) is 2.27. The third-order valence-corrected chi connectivity index (χ3v) is 5.95. The van der Waals surface area contributed by atoms with Gasteiger partial charge in [0.1, 0.15) is 0 Å². The second kappa shape index (κ2) is 17.2. The summed E-state index contributed by atoms with van der Waals surface area (Å²) in [5.74, 6) is 0.539. The first kappa shape index (κ1) is 25.4. The number of halogens is 2. The smallest absolute Gasteiger partial charge is 0.0624 e. The van der Waals surface area contributed by atoms with Gasteiger partial charge in [0.25, 0.3) is 0 Å². The van der Waals surface area contributed by atoms with E-state index in [2.05, 4.69) is 30.9 Å². The molecular weight excluding hydrogens is 385 g/mol. The minimum atomic E-state index is 0.539. The van der Waals surface area contributed by atoms with Crippen LogP contribution >= 0.6 is 23.2 Å². The lowest BCUT2D eigenvalue weighted by Crippen LogP contribution is -2.26. The highest BCUT2D eigenvalue weighted by atomic mass is 35.5. The SMILES string of the molecule is CCCCCCCCN(CCCCCCCC)C(=Cc1ccccc1Cl)CCl. The Balaban J connectivity index is 2.63. The van der Waals surface area contributed by atoms with E-state index in [1.807, 2.05) is 18.2 Å². The maximum absolute atomic E-state index is 6.37. The fourth-order valence-corrected chi connectivity index (χ4v) is 3.99. The van der Waals surface area contributed by atoms with E-state index in [4.69, 9.17) is 23.2 Å². The van der Waals surface area contributed by atoms with Crippen molar-refractivity contribution in [2.45, 2.75) is 90.9 Å². The van der Waals surface area contributed by atoms with E-state index in [-0.39, 0.29) is 0 Å². The first-order valence-electron chi connectivity index (χ1n) is 11.5. The van der Waals surface area contributed by atoms with E-state index in [0.717, 1.165) is 23.7 Å². The normalized spacial score (nSPS) is 11.8. The van der Waals surface area contributed by atoms with Crippen molar-refractivity contribution < 1.29 is 0 Å². The highest BCUT2D eigenvalue weighted by molar-refractivity contribution is 6.32. The first-order chi connectivity index (χ1) is 13.7. The molecule has 0 aliphatic heterocycles. The molecule has 0 N–H and O–H groups in total. The van der Waals surface area contributed by atoms with Crippen LogP contribution in [0.5, 0.6) is 0 Å². The maximum Gasteiger partial charge on any atom is 0.0624 e. The predicted octanol–water partition coefficient (Wildman–Crippen LogP) is 8.94. The van der Waals surface area contributed by atoms with Crippen LogP contribution in [-0.4, -0.2) is 23.9 Å². The molecule has 0 radical (unpaired) electrons. The molecule has 0 saturated heterocycles. The number of hydrogen-bond acceptors (Lipinski definition) is 1. The topological polar surface area (TPSA) is 3.24 Å². The standard InChI is InChI=1S/C25H41Cl2N/c1-3-5-7-9-11-15-19-28(20-16-12-10-8-6-4-2)24(22-26)21-23-17-13-14-18-25(23)27/h13-14,17-18,21H,3-12,15-16,19-20,22H2,1-2H3. The zero-order valence-corrected chi connectivity index (χ0v) is 19.7. The van der Waals surface area contributed by atoms with Gasteiger partial charge in [-0.15, -0.1) is 11.6 Å². The fourth-order valence-electron chi connectivity index (χ4n) is 3.55. The van der Waals surface area contributed by atoms with Gasteiger partial charge in [-0.05, 0) is 30.5 Å². The maximum atomic E-state index is 6.37. The van der Waals surface area contributed by atoms with Gasteiger partial charge in [-0.25, -0.2) is 0 Å². The number of benzene rings is 1. The number of unbranched alkanes of at least 4 members (excludes halogenated alkanes) is 10. The van der Waals surface area contributed by atoms with Gasteiger partial charge in [-0.2, -0.15) is 0 Å². The second-order valence-corrected chi connectivity index (χ2v) is 8.49. The predicted molar refractivity (Wildman–Crippen MR) is 128 cm³/mol. The van der Waals surface area contributed by atoms with Gasteiger partial charge in [0.2, 0.25) is 0 Å².